The van der Waals surface area contributed by atoms with Gasteiger partial charge < -0.3 is 19.9 Å². The first-order valence-corrected chi connectivity index (χ1v) is 13.2. The van der Waals surface area contributed by atoms with Crippen LogP contribution in [0.25, 0.3) is 22.3 Å². The van der Waals surface area contributed by atoms with E-state index in [1.165, 1.54) is 22.8 Å². The molecule has 4 rings (SSSR count). The van der Waals surface area contributed by atoms with Crippen molar-refractivity contribution < 1.29 is 18.7 Å². The van der Waals surface area contributed by atoms with Crippen LogP contribution in [0.4, 0.5) is 14.9 Å². The number of halogens is 2. The Balaban J connectivity index is 1.68. The van der Waals surface area contributed by atoms with Gasteiger partial charge in [-0.05, 0) is 71.0 Å². The average Bonchev–Trinajstić information content (AvgIpc) is 2.86. The molecule has 1 aliphatic heterocycles. The second-order valence-electron chi connectivity index (χ2n) is 10.8. The Hall–Kier alpha value is -3.66. The van der Waals surface area contributed by atoms with E-state index in [0.717, 1.165) is 5.69 Å². The zero-order valence-electron chi connectivity index (χ0n) is 22.8. The number of rotatable bonds is 5. The molecular weight excluding hydrogens is 525 g/mol. The lowest BCUT2D eigenvalue weighted by molar-refractivity contribution is -0.122. The number of fused-ring (bicyclic) bond motifs is 1. The first-order valence-electron chi connectivity index (χ1n) is 12.8. The van der Waals surface area contributed by atoms with E-state index >= 15 is 0 Å². The van der Waals surface area contributed by atoms with Gasteiger partial charge >= 0.3 is 6.09 Å². The molecule has 3 aromatic rings. The fourth-order valence-electron chi connectivity index (χ4n) is 4.39. The number of carbonyl (C=O) groups excluding carboxylic acids is 2. The maximum atomic E-state index is 13.8. The highest BCUT2D eigenvalue weighted by Gasteiger charge is 2.26. The maximum Gasteiger partial charge on any atom is 0.410 e. The van der Waals surface area contributed by atoms with E-state index in [9.17, 15) is 18.8 Å². The van der Waals surface area contributed by atoms with Crippen LogP contribution in [0.1, 0.15) is 34.6 Å². The van der Waals surface area contributed by atoms with E-state index in [2.05, 4.69) is 15.2 Å². The predicted octanol–water partition coefficient (Wildman–Crippen LogP) is 4.44. The van der Waals surface area contributed by atoms with Crippen molar-refractivity contribution in [3.8, 4) is 11.4 Å². The summed E-state index contributed by atoms with van der Waals surface area (Å²) in [5.74, 6) is -0.728. The standard InChI is InChI=1S/C28H33ClFN5O4/c1-17(2)31-24(36)16-35-25(18-6-8-22(30)21(29)14-18)32-23-9-7-19(15-20(23)26(35)37)33-10-12-34(13-11-33)27(38)39-28(3,4)5/h6-9,14-15,17H,10-13,16H2,1-5H3,(H,31,36). The van der Waals surface area contributed by atoms with E-state index in [-0.39, 0.29) is 35.4 Å². The Labute approximate surface area is 231 Å². The molecule has 9 nitrogen and oxygen atoms in total. The third kappa shape index (κ3) is 6.68. The molecule has 11 heteroatoms. The van der Waals surface area contributed by atoms with Crippen LogP contribution in [0.15, 0.2) is 41.2 Å². The van der Waals surface area contributed by atoms with Gasteiger partial charge in [0.25, 0.3) is 5.56 Å². The van der Waals surface area contributed by atoms with Gasteiger partial charge in [0.2, 0.25) is 5.91 Å². The Bertz CT molecular complexity index is 1460. The van der Waals surface area contributed by atoms with Crippen molar-refractivity contribution in [2.45, 2.75) is 52.8 Å². The van der Waals surface area contributed by atoms with E-state index in [0.29, 0.717) is 42.6 Å². The van der Waals surface area contributed by atoms with Crippen LogP contribution < -0.4 is 15.8 Å². The maximum absolute atomic E-state index is 13.8. The van der Waals surface area contributed by atoms with Crippen LogP contribution >= 0.6 is 11.6 Å². The van der Waals surface area contributed by atoms with Gasteiger partial charge in [-0.2, -0.15) is 0 Å². The lowest BCUT2D eigenvalue weighted by Crippen LogP contribution is -2.50. The van der Waals surface area contributed by atoms with E-state index in [1.807, 2.05) is 40.7 Å². The van der Waals surface area contributed by atoms with Gasteiger partial charge in [-0.1, -0.05) is 11.6 Å². The summed E-state index contributed by atoms with van der Waals surface area (Å²) in [4.78, 5) is 47.3. The molecule has 0 aliphatic carbocycles. The molecule has 1 N–H and O–H groups in total. The third-order valence-electron chi connectivity index (χ3n) is 6.16. The zero-order chi connectivity index (χ0) is 28.5. The molecule has 1 saturated heterocycles. The molecule has 1 aromatic heterocycles. The predicted molar refractivity (Wildman–Crippen MR) is 150 cm³/mol. The number of carbonyl (C=O) groups is 2. The second kappa shape index (κ2) is 11.2. The molecule has 39 heavy (non-hydrogen) atoms. The fraction of sp³-hybridized carbons (Fsp3) is 0.429. The number of ether oxygens (including phenoxy) is 1. The molecular formula is C28H33ClFN5O4. The van der Waals surface area contributed by atoms with Crippen LogP contribution in [0.5, 0.6) is 0 Å². The van der Waals surface area contributed by atoms with Gasteiger partial charge in [0.15, 0.2) is 0 Å². The molecule has 1 fully saturated rings. The number of hydrogen-bond donors (Lipinski definition) is 1. The van der Waals surface area contributed by atoms with Crippen molar-refractivity contribution in [2.24, 2.45) is 0 Å². The minimum atomic E-state index is -0.593. The number of anilines is 1. The van der Waals surface area contributed by atoms with Gasteiger partial charge in [0.05, 0.1) is 15.9 Å². The number of amides is 2. The first kappa shape index (κ1) is 28.4. The van der Waals surface area contributed by atoms with Gasteiger partial charge in [-0.3, -0.25) is 14.2 Å². The number of aromatic nitrogens is 2. The topological polar surface area (TPSA) is 96.8 Å². The number of nitrogens with zero attached hydrogens (tertiary/aromatic N) is 4. The number of nitrogens with one attached hydrogen (secondary N) is 1. The molecule has 0 radical (unpaired) electrons. The van der Waals surface area contributed by atoms with Gasteiger partial charge in [0, 0.05) is 43.5 Å². The van der Waals surface area contributed by atoms with E-state index in [4.69, 9.17) is 16.3 Å². The smallest absolute Gasteiger partial charge is 0.410 e. The highest BCUT2D eigenvalue weighted by molar-refractivity contribution is 6.31. The van der Waals surface area contributed by atoms with Crippen molar-refractivity contribution in [3.63, 3.8) is 0 Å². The summed E-state index contributed by atoms with van der Waals surface area (Å²) in [6.45, 7) is 11.0. The molecule has 0 saturated carbocycles. The first-order chi connectivity index (χ1) is 18.3. The summed E-state index contributed by atoms with van der Waals surface area (Å²) >= 11 is 6.01. The molecule has 0 unspecified atom stereocenters. The molecule has 2 amide bonds. The normalized spacial score (nSPS) is 14.2. The van der Waals surface area contributed by atoms with Crippen molar-refractivity contribution in [1.82, 2.24) is 19.8 Å². The highest BCUT2D eigenvalue weighted by atomic mass is 35.5. The minimum absolute atomic E-state index is 0.110. The monoisotopic (exact) mass is 557 g/mol. The summed E-state index contributed by atoms with van der Waals surface area (Å²) in [5.41, 5.74) is 0.695. The average molecular weight is 558 g/mol. The quantitative estimate of drug-likeness (QED) is 0.498. The highest BCUT2D eigenvalue weighted by Crippen LogP contribution is 2.26. The molecule has 0 bridgehead atoms. The van der Waals surface area contributed by atoms with Crippen LogP contribution in [0, 0.1) is 5.82 Å². The van der Waals surface area contributed by atoms with Crippen LogP contribution in [-0.2, 0) is 16.1 Å². The van der Waals surface area contributed by atoms with Crippen LogP contribution in [-0.4, -0.2) is 64.3 Å². The number of piperazine rings is 1. The number of hydrogen-bond acceptors (Lipinski definition) is 6. The lowest BCUT2D eigenvalue weighted by atomic mass is 10.1. The van der Waals surface area contributed by atoms with Gasteiger partial charge in [-0.25, -0.2) is 14.2 Å². The summed E-state index contributed by atoms with van der Waals surface area (Å²) < 4.78 is 20.6. The Morgan fingerprint density at radius 1 is 1.10 bits per heavy atom. The summed E-state index contributed by atoms with van der Waals surface area (Å²) in [5, 5.41) is 3.03. The van der Waals surface area contributed by atoms with Crippen LogP contribution in [0.3, 0.4) is 0 Å². The summed E-state index contributed by atoms with van der Waals surface area (Å²) in [6, 6.07) is 9.33. The third-order valence-corrected chi connectivity index (χ3v) is 6.45. The summed E-state index contributed by atoms with van der Waals surface area (Å²) in [6.07, 6.45) is -0.346. The Kier molecular flexibility index (Phi) is 8.15. The Morgan fingerprint density at radius 3 is 2.41 bits per heavy atom. The van der Waals surface area contributed by atoms with Gasteiger partial charge in [0.1, 0.15) is 23.8 Å². The molecule has 0 spiro atoms. The lowest BCUT2D eigenvalue weighted by Gasteiger charge is -2.36. The largest absolute Gasteiger partial charge is 0.444 e. The second-order valence-corrected chi connectivity index (χ2v) is 11.2. The fourth-order valence-corrected chi connectivity index (χ4v) is 4.57. The number of benzene rings is 2. The van der Waals surface area contributed by atoms with Crippen molar-refractivity contribution in [3.05, 3.63) is 57.6 Å². The molecule has 2 heterocycles. The minimum Gasteiger partial charge on any atom is -0.444 e. The zero-order valence-corrected chi connectivity index (χ0v) is 23.5. The summed E-state index contributed by atoms with van der Waals surface area (Å²) in [7, 11) is 0. The van der Waals surface area contributed by atoms with Crippen LogP contribution in [0.2, 0.25) is 5.02 Å². The van der Waals surface area contributed by atoms with Crippen molar-refractivity contribution >= 4 is 40.2 Å². The molecule has 1 aliphatic rings. The van der Waals surface area contributed by atoms with Crippen molar-refractivity contribution in [2.75, 3.05) is 31.1 Å². The van der Waals surface area contributed by atoms with E-state index < -0.39 is 17.0 Å². The molecule has 2 aromatic carbocycles. The SMILES string of the molecule is CC(C)NC(=O)Cn1c(-c2ccc(F)c(Cl)c2)nc2ccc(N3CCN(C(=O)OC(C)(C)C)CC3)cc2c1=O. The van der Waals surface area contributed by atoms with Crippen molar-refractivity contribution in [1.29, 1.82) is 0 Å². The van der Waals surface area contributed by atoms with E-state index in [1.54, 1.807) is 17.0 Å². The molecule has 0 atom stereocenters. The van der Waals surface area contributed by atoms with Gasteiger partial charge in [-0.15, -0.1) is 0 Å². The molecule has 208 valence electrons. The Morgan fingerprint density at radius 2 is 1.79 bits per heavy atom.